The van der Waals surface area contributed by atoms with Crippen molar-refractivity contribution < 1.29 is 38.4 Å². The van der Waals surface area contributed by atoms with Crippen molar-refractivity contribution in [3.63, 3.8) is 0 Å². The molecule has 4 aliphatic rings. The molecule has 36 heteroatoms. The summed E-state index contributed by atoms with van der Waals surface area (Å²) >= 11 is 5.82. The summed E-state index contributed by atoms with van der Waals surface area (Å²) in [6.07, 6.45) is 25.9. The van der Waals surface area contributed by atoms with Gasteiger partial charge in [0.05, 0.1) is 22.0 Å². The highest BCUT2D eigenvalue weighted by atomic mass is 35.5. The fourth-order valence-electron chi connectivity index (χ4n) is 12.1. The van der Waals surface area contributed by atoms with Crippen molar-refractivity contribution in [3.8, 4) is 6.07 Å². The Labute approximate surface area is 787 Å². The number of carbonyl (C=O) groups excluding carboxylic acids is 8. The summed E-state index contributed by atoms with van der Waals surface area (Å²) in [4.78, 5) is 144. The van der Waals surface area contributed by atoms with E-state index < -0.39 is 6.03 Å². The van der Waals surface area contributed by atoms with Gasteiger partial charge in [-0.25, -0.2) is 73.4 Å². The van der Waals surface area contributed by atoms with Crippen molar-refractivity contribution in [2.45, 2.75) is 148 Å². The second-order valence-electron chi connectivity index (χ2n) is 32.6. The highest BCUT2D eigenvalue weighted by Gasteiger charge is 2.23. The molecule has 133 heavy (non-hydrogen) atoms. The molecule has 35 nitrogen and oxygen atoms in total. The number of nitrogens with zero attached hydrogens (tertiary/aromatic N) is 18. The predicted molar refractivity (Wildman–Crippen MR) is 528 cm³/mol. The van der Waals surface area contributed by atoms with E-state index in [9.17, 15) is 38.4 Å². The molecule has 10 N–H and O–H groups in total. The van der Waals surface area contributed by atoms with Crippen LogP contribution < -0.4 is 48.3 Å². The first-order valence-corrected chi connectivity index (χ1v) is 44.3. The number of nitriles is 1. The first kappa shape index (κ1) is 109. The van der Waals surface area contributed by atoms with Crippen LogP contribution in [0.25, 0.3) is 0 Å². The average molecular weight is 1840 g/mol. The van der Waals surface area contributed by atoms with Gasteiger partial charge in [0.25, 0.3) is 0 Å². The first-order chi connectivity index (χ1) is 63.3. The molecule has 0 aromatic carbocycles. The van der Waals surface area contributed by atoms with Gasteiger partial charge in [0.2, 0.25) is 5.91 Å². The summed E-state index contributed by atoms with van der Waals surface area (Å²) in [5.41, 5.74) is 18.0. The summed E-state index contributed by atoms with van der Waals surface area (Å²) in [6.45, 7) is 35.4. The standard InChI is InChI=1S/C13H19N3O.C12H20N4O.C12H17N3O.C11H15N3O.C10H13N3O.C9H13N3O.C8H10N2O.C8H8N2.C7H8ClN.C7H9N3O/c1-10-4-7-16(8-5-10)13(17)15-12-9-11(2)3-6-14-12;1-10-5-6-13-11(9-10)14-12(17)16(4)8-7-15(2)3;1-10-5-6-13-11(9-10)14-12(16)15-7-3-2-4-8-15;1-9-4-5-12-10(8-9)13-11(15)14-6-2-3-7-14;1-8-3-4-11-9(7-8)12-10(14)13-5-2-6-13;1-7-4-5-10-8(6-7)11-9(13)12(2)3;1-6-3-4-9-8(5-6)10-7(2)11;1-6-3-4-10-7(2)8(6)5-9;1-5-3-4-9-6(2)7(5)8;1-5-2-3-9-6(4-5)10-7(8)11/h3,6,9-10H,4-5,7-8H2,1-2H3,(H,14,15,17);5-6,9H,7-8H2,1-4H3,(H,13,14,17);5-6,9H,2-4,7-8H2,1H3,(H,13,14,16);4-5,8H,2-3,6-7H2,1H3,(H,12,13,15);3-4,7H,2,5-6H2,1H3,(H,11,12,14);4-6H,1-3H3,(H,10,11,13);3-5H,1-2H3,(H,9,10,11);3-4H,1-2H3;3-4H,1-2H3;2-4H,1H3,(H3,8,9,10,11). The third-order valence-electron chi connectivity index (χ3n) is 19.9. The number of nitrogens with two attached hydrogens (primary N) is 1. The lowest BCUT2D eigenvalue weighted by molar-refractivity contribution is -0.114. The molecule has 4 saturated heterocycles. The number of likely N-dealkylation sites (tertiary alicyclic amines) is 4. The Morgan fingerprint density at radius 3 is 0.910 bits per heavy atom. The van der Waals surface area contributed by atoms with E-state index >= 15 is 0 Å². The number of urea groups is 7. The van der Waals surface area contributed by atoms with Gasteiger partial charge in [0.1, 0.15) is 52.6 Å². The Morgan fingerprint density at radius 1 is 0.368 bits per heavy atom. The molecule has 0 saturated carbocycles. The van der Waals surface area contributed by atoms with Crippen molar-refractivity contribution in [2.24, 2.45) is 11.7 Å². The number of likely N-dealkylation sites (N-methyl/N-ethyl adjacent to an activating group) is 2. The van der Waals surface area contributed by atoms with Crippen LogP contribution in [0.1, 0.15) is 138 Å². The Kier molecular flexibility index (Phi) is 48.4. The number of rotatable bonds is 11. The summed E-state index contributed by atoms with van der Waals surface area (Å²) in [7, 11) is 9.10. The van der Waals surface area contributed by atoms with E-state index in [0.29, 0.717) is 58.7 Å². The van der Waals surface area contributed by atoms with Crippen LogP contribution in [0, 0.1) is 100 Å². The lowest BCUT2D eigenvalue weighted by Gasteiger charge is -2.30. The number of primary amides is 1. The fourth-order valence-corrected chi connectivity index (χ4v) is 12.2. The van der Waals surface area contributed by atoms with E-state index in [2.05, 4.69) is 105 Å². The zero-order valence-corrected chi connectivity index (χ0v) is 81.0. The summed E-state index contributed by atoms with van der Waals surface area (Å²) in [5, 5.41) is 31.0. The number of halogens is 1. The number of hydrogen-bond acceptors (Lipinski definition) is 20. The minimum Gasteiger partial charge on any atom is -0.351 e. The molecule has 10 aromatic rings. The average Bonchev–Trinajstić information content (AvgIpc) is 1.71. The number of nitrogens with one attached hydrogen (secondary N) is 8. The van der Waals surface area contributed by atoms with Crippen LogP contribution in [0.15, 0.2) is 171 Å². The number of hydrogen-bond donors (Lipinski definition) is 9. The van der Waals surface area contributed by atoms with Gasteiger partial charge in [0, 0.05) is 155 Å². The van der Waals surface area contributed by atoms with Gasteiger partial charge in [0.15, 0.2) is 0 Å². The molecule has 0 atom stereocenters. The quantitative estimate of drug-likeness (QED) is 0.0581. The molecular weight excluding hydrogens is 1710 g/mol. The van der Waals surface area contributed by atoms with Gasteiger partial charge >= 0.3 is 42.2 Å². The second-order valence-corrected chi connectivity index (χ2v) is 33.0. The number of pyridine rings is 10. The molecule has 0 aliphatic carbocycles. The Balaban J connectivity index is 0.000000263. The number of aromatic nitrogens is 10. The third kappa shape index (κ3) is 44.7. The van der Waals surface area contributed by atoms with Crippen LogP contribution in [0.5, 0.6) is 0 Å². The molecule has 0 bridgehead atoms. The minimum absolute atomic E-state index is 0.0298. The van der Waals surface area contributed by atoms with Gasteiger partial charge in [-0.1, -0.05) is 18.5 Å². The molecule has 0 radical (unpaired) electrons. The van der Waals surface area contributed by atoms with Gasteiger partial charge in [-0.05, 0) is 319 Å². The SMILES string of the molecule is CC(=O)Nc1cc(C)ccn1.Cc1ccnc(C)c1C#N.Cc1ccnc(C)c1Cl.Cc1ccnc(NC(=O)N(C)C)c1.Cc1ccnc(NC(=O)N(C)CCN(C)C)c1.Cc1ccnc(NC(=O)N2CCC(C)CC2)c1.Cc1ccnc(NC(=O)N2CCC2)c1.Cc1ccnc(NC(=O)N2CCCC2)c1.Cc1ccnc(NC(=O)N2CCCCC2)c1.Cc1ccnc(NC(N)=O)c1. The smallest absolute Gasteiger partial charge is 0.323 e. The zero-order valence-electron chi connectivity index (χ0n) is 80.2. The number of amides is 15. The maximum Gasteiger partial charge on any atom is 0.323 e. The van der Waals surface area contributed by atoms with E-state index in [4.69, 9.17) is 22.6 Å². The molecule has 4 aliphatic heterocycles. The molecule has 10 aromatic heterocycles. The maximum absolute atomic E-state index is 12.0. The van der Waals surface area contributed by atoms with E-state index in [1.54, 1.807) is 99.0 Å². The number of anilines is 8. The van der Waals surface area contributed by atoms with Crippen molar-refractivity contribution >= 4 is 106 Å². The normalized spacial score (nSPS) is 12.5. The van der Waals surface area contributed by atoms with Crippen molar-refractivity contribution in [1.29, 1.82) is 5.26 Å². The summed E-state index contributed by atoms with van der Waals surface area (Å²) in [5.74, 6) is 5.43. The summed E-state index contributed by atoms with van der Waals surface area (Å²) < 4.78 is 0. The van der Waals surface area contributed by atoms with Crippen LogP contribution in [0.3, 0.4) is 0 Å². The number of aryl methyl sites for hydroxylation is 12. The zero-order chi connectivity index (χ0) is 97.9. The third-order valence-corrected chi connectivity index (χ3v) is 20.5. The van der Waals surface area contributed by atoms with E-state index in [0.717, 1.165) is 182 Å². The van der Waals surface area contributed by atoms with E-state index in [-0.39, 0.29) is 42.1 Å². The summed E-state index contributed by atoms with van der Waals surface area (Å²) in [6, 6.07) is 34.6. The molecule has 0 unspecified atom stereocenters. The van der Waals surface area contributed by atoms with E-state index in [1.165, 1.54) is 18.2 Å². The Hall–Kier alpha value is -14.4. The van der Waals surface area contributed by atoms with E-state index in [1.807, 2.05) is 220 Å². The van der Waals surface area contributed by atoms with Crippen molar-refractivity contribution in [2.75, 3.05) is 143 Å². The molecule has 710 valence electrons. The van der Waals surface area contributed by atoms with Crippen molar-refractivity contribution in [3.05, 3.63) is 249 Å². The lowest BCUT2D eigenvalue weighted by Crippen LogP contribution is -2.44. The first-order valence-electron chi connectivity index (χ1n) is 43.9. The Morgan fingerprint density at radius 2 is 0.647 bits per heavy atom. The molecule has 0 spiro atoms. The predicted octanol–water partition coefficient (Wildman–Crippen LogP) is 17.8. The van der Waals surface area contributed by atoms with Crippen LogP contribution in [-0.2, 0) is 4.79 Å². The molecular formula is C97H132ClN27O8. The Bertz CT molecular complexity index is 5290. The number of piperidine rings is 2. The van der Waals surface area contributed by atoms with Gasteiger partial charge in [-0.15, -0.1) is 0 Å². The fraction of sp³-hybridized carbons (Fsp3) is 0.392. The topological polar surface area (TPSA) is 434 Å². The monoisotopic (exact) mass is 1840 g/mol. The molecule has 4 fully saturated rings. The molecule has 15 amide bonds. The van der Waals surface area contributed by atoms with Crippen LogP contribution >= 0.6 is 11.6 Å². The lowest BCUT2D eigenvalue weighted by atomic mass is 10.00. The van der Waals surface area contributed by atoms with Crippen LogP contribution in [-0.4, -0.2) is 233 Å². The molecule has 14 heterocycles. The minimum atomic E-state index is -0.594. The number of carbonyl (C=O) groups is 8. The van der Waals surface area contributed by atoms with Gasteiger partial charge < -0.3 is 45.3 Å². The van der Waals surface area contributed by atoms with Gasteiger partial charge in [-0.2, -0.15) is 5.26 Å². The highest BCUT2D eigenvalue weighted by Crippen LogP contribution is 2.21. The van der Waals surface area contributed by atoms with Gasteiger partial charge in [-0.3, -0.25) is 52.0 Å². The highest BCUT2D eigenvalue weighted by molar-refractivity contribution is 6.31. The van der Waals surface area contributed by atoms with Crippen LogP contribution in [0.4, 0.5) is 80.1 Å². The van der Waals surface area contributed by atoms with Crippen molar-refractivity contribution in [1.82, 2.24) is 84.1 Å². The van der Waals surface area contributed by atoms with Crippen LogP contribution in [0.2, 0.25) is 5.02 Å². The maximum atomic E-state index is 12.0. The second kappa shape index (κ2) is 59.0. The largest absolute Gasteiger partial charge is 0.351 e. The molecule has 14 rings (SSSR count).